The highest BCUT2D eigenvalue weighted by Crippen LogP contribution is 2.16. The van der Waals surface area contributed by atoms with E-state index in [1.807, 2.05) is 6.07 Å². The average molecular weight is 367 g/mol. The standard InChI is InChI=1S/C21H21NO5/c1-3-26-20(24)18(21(25)27-4-2)14-22-17-12-10-16(11-13-17)19(23)15-8-6-5-7-9-15/h5-14,18H,3-4H2,1-2H3. The molecule has 0 unspecified atom stereocenters. The van der Waals surface area contributed by atoms with E-state index in [2.05, 4.69) is 4.99 Å². The van der Waals surface area contributed by atoms with Crippen LogP contribution in [-0.4, -0.2) is 37.2 Å². The van der Waals surface area contributed by atoms with E-state index in [-0.39, 0.29) is 19.0 Å². The topological polar surface area (TPSA) is 82.0 Å². The first-order valence-corrected chi connectivity index (χ1v) is 8.64. The molecule has 2 aromatic carbocycles. The Morgan fingerprint density at radius 1 is 0.852 bits per heavy atom. The third-order valence-corrected chi connectivity index (χ3v) is 3.62. The van der Waals surface area contributed by atoms with E-state index in [1.54, 1.807) is 62.4 Å². The summed E-state index contributed by atoms with van der Waals surface area (Å²) < 4.78 is 9.77. The highest BCUT2D eigenvalue weighted by molar-refractivity contribution is 6.10. The number of carbonyl (C=O) groups excluding carboxylic acids is 3. The first-order chi connectivity index (χ1) is 13.1. The highest BCUT2D eigenvalue weighted by Gasteiger charge is 2.27. The minimum Gasteiger partial charge on any atom is -0.465 e. The molecule has 27 heavy (non-hydrogen) atoms. The van der Waals surface area contributed by atoms with Gasteiger partial charge < -0.3 is 9.47 Å². The third-order valence-electron chi connectivity index (χ3n) is 3.62. The summed E-state index contributed by atoms with van der Waals surface area (Å²) in [5.74, 6) is -2.75. The molecule has 0 aliphatic heterocycles. The summed E-state index contributed by atoms with van der Waals surface area (Å²) in [5.41, 5.74) is 1.61. The fraction of sp³-hybridized carbons (Fsp3) is 0.238. The number of esters is 2. The summed E-state index contributed by atoms with van der Waals surface area (Å²) in [6, 6.07) is 15.5. The van der Waals surface area contributed by atoms with Gasteiger partial charge in [0.25, 0.3) is 0 Å². The van der Waals surface area contributed by atoms with Crippen LogP contribution in [0.4, 0.5) is 5.69 Å². The number of ether oxygens (including phenoxy) is 2. The van der Waals surface area contributed by atoms with Crippen LogP contribution in [-0.2, 0) is 19.1 Å². The van der Waals surface area contributed by atoms with Crippen LogP contribution in [0.15, 0.2) is 59.6 Å². The molecule has 0 atom stereocenters. The number of carbonyl (C=O) groups is 3. The number of benzene rings is 2. The Morgan fingerprint density at radius 2 is 1.37 bits per heavy atom. The van der Waals surface area contributed by atoms with Gasteiger partial charge in [-0.1, -0.05) is 30.3 Å². The van der Waals surface area contributed by atoms with Crippen LogP contribution < -0.4 is 0 Å². The zero-order chi connectivity index (χ0) is 19.6. The van der Waals surface area contributed by atoms with Crippen molar-refractivity contribution in [3.63, 3.8) is 0 Å². The van der Waals surface area contributed by atoms with Gasteiger partial charge in [0.05, 0.1) is 18.9 Å². The first-order valence-electron chi connectivity index (χ1n) is 8.64. The summed E-state index contributed by atoms with van der Waals surface area (Å²) in [7, 11) is 0. The molecular formula is C21H21NO5. The molecule has 0 amide bonds. The number of aliphatic imine (C=N–C) groups is 1. The molecule has 6 heteroatoms. The Labute approximate surface area is 157 Å². The van der Waals surface area contributed by atoms with Gasteiger partial charge in [-0.05, 0) is 38.1 Å². The lowest BCUT2D eigenvalue weighted by Gasteiger charge is -2.10. The van der Waals surface area contributed by atoms with Gasteiger partial charge >= 0.3 is 11.9 Å². The molecule has 0 spiro atoms. The average Bonchev–Trinajstić information content (AvgIpc) is 2.69. The van der Waals surface area contributed by atoms with E-state index in [4.69, 9.17) is 9.47 Å². The fourth-order valence-electron chi connectivity index (χ4n) is 2.30. The predicted octanol–water partition coefficient (Wildman–Crippen LogP) is 3.36. The van der Waals surface area contributed by atoms with Crippen LogP contribution in [0, 0.1) is 5.92 Å². The van der Waals surface area contributed by atoms with Crippen molar-refractivity contribution in [1.29, 1.82) is 0 Å². The molecule has 6 nitrogen and oxygen atoms in total. The molecular weight excluding hydrogens is 346 g/mol. The van der Waals surface area contributed by atoms with Crippen molar-refractivity contribution < 1.29 is 23.9 Å². The molecule has 0 N–H and O–H groups in total. The fourth-order valence-corrected chi connectivity index (χ4v) is 2.30. The SMILES string of the molecule is CCOC(=O)C(C=Nc1ccc(C(=O)c2ccccc2)cc1)C(=O)OCC. The summed E-state index contributed by atoms with van der Waals surface area (Å²) in [6.45, 7) is 3.61. The lowest BCUT2D eigenvalue weighted by Crippen LogP contribution is -2.29. The number of ketones is 1. The van der Waals surface area contributed by atoms with Gasteiger partial charge in [-0.25, -0.2) is 0 Å². The van der Waals surface area contributed by atoms with Gasteiger partial charge in [-0.15, -0.1) is 0 Å². The zero-order valence-electron chi connectivity index (χ0n) is 15.3. The summed E-state index contributed by atoms with van der Waals surface area (Å²) >= 11 is 0. The lowest BCUT2D eigenvalue weighted by molar-refractivity contribution is -0.157. The summed E-state index contributed by atoms with van der Waals surface area (Å²) in [5, 5.41) is 0. The van der Waals surface area contributed by atoms with Gasteiger partial charge in [0.15, 0.2) is 11.7 Å². The second-order valence-electron chi connectivity index (χ2n) is 5.50. The Balaban J connectivity index is 2.14. The maximum atomic E-state index is 12.4. The summed E-state index contributed by atoms with van der Waals surface area (Å²) in [4.78, 5) is 40.4. The molecule has 0 aromatic heterocycles. The van der Waals surface area contributed by atoms with Gasteiger partial charge in [-0.2, -0.15) is 0 Å². The van der Waals surface area contributed by atoms with E-state index in [9.17, 15) is 14.4 Å². The Bertz CT molecular complexity index is 794. The highest BCUT2D eigenvalue weighted by atomic mass is 16.6. The van der Waals surface area contributed by atoms with E-state index >= 15 is 0 Å². The first kappa shape index (κ1) is 20.0. The zero-order valence-corrected chi connectivity index (χ0v) is 15.3. The third kappa shape index (κ3) is 5.60. The lowest BCUT2D eigenvalue weighted by atomic mass is 10.0. The molecule has 0 radical (unpaired) electrons. The van der Waals surface area contributed by atoms with Crippen molar-refractivity contribution in [1.82, 2.24) is 0 Å². The van der Waals surface area contributed by atoms with Crippen LogP contribution in [0.3, 0.4) is 0 Å². The summed E-state index contributed by atoms with van der Waals surface area (Å²) in [6.07, 6.45) is 1.20. The minimum atomic E-state index is -1.23. The number of hydrogen-bond donors (Lipinski definition) is 0. The van der Waals surface area contributed by atoms with Crippen LogP contribution in [0.2, 0.25) is 0 Å². The van der Waals surface area contributed by atoms with Gasteiger partial charge in [0.1, 0.15) is 0 Å². The molecule has 140 valence electrons. The van der Waals surface area contributed by atoms with Gasteiger partial charge in [0, 0.05) is 17.3 Å². The minimum absolute atomic E-state index is 0.0953. The largest absolute Gasteiger partial charge is 0.465 e. The molecule has 0 heterocycles. The molecule has 0 saturated heterocycles. The van der Waals surface area contributed by atoms with Gasteiger partial charge in [-0.3, -0.25) is 19.4 Å². The van der Waals surface area contributed by atoms with Gasteiger partial charge in [0.2, 0.25) is 0 Å². The van der Waals surface area contributed by atoms with Crippen molar-refractivity contribution >= 4 is 29.6 Å². The van der Waals surface area contributed by atoms with Crippen LogP contribution in [0.25, 0.3) is 0 Å². The van der Waals surface area contributed by atoms with E-state index in [1.165, 1.54) is 6.21 Å². The molecule has 2 aromatic rings. The molecule has 0 bridgehead atoms. The van der Waals surface area contributed by atoms with Crippen molar-refractivity contribution in [2.75, 3.05) is 13.2 Å². The molecule has 0 aliphatic rings. The number of hydrogen-bond acceptors (Lipinski definition) is 6. The maximum absolute atomic E-state index is 12.4. The van der Waals surface area contributed by atoms with Crippen molar-refractivity contribution in [3.05, 3.63) is 65.7 Å². The maximum Gasteiger partial charge on any atom is 0.325 e. The number of rotatable bonds is 8. The monoisotopic (exact) mass is 367 g/mol. The molecule has 0 fully saturated rings. The smallest absolute Gasteiger partial charge is 0.325 e. The van der Waals surface area contributed by atoms with Crippen LogP contribution in [0.5, 0.6) is 0 Å². The Kier molecular flexibility index (Phi) is 7.43. The second kappa shape index (κ2) is 10.0. The Hall–Kier alpha value is -3.28. The number of nitrogens with zero attached hydrogens (tertiary/aromatic N) is 1. The second-order valence-corrected chi connectivity index (χ2v) is 5.50. The molecule has 0 saturated carbocycles. The van der Waals surface area contributed by atoms with E-state index in [0.29, 0.717) is 16.8 Å². The van der Waals surface area contributed by atoms with Crippen molar-refractivity contribution in [2.24, 2.45) is 10.9 Å². The van der Waals surface area contributed by atoms with Crippen LogP contribution >= 0.6 is 0 Å². The normalized spacial score (nSPS) is 10.8. The van der Waals surface area contributed by atoms with Crippen molar-refractivity contribution in [2.45, 2.75) is 13.8 Å². The quantitative estimate of drug-likeness (QED) is 0.309. The van der Waals surface area contributed by atoms with Crippen LogP contribution in [0.1, 0.15) is 29.8 Å². The van der Waals surface area contributed by atoms with E-state index < -0.39 is 17.9 Å². The Morgan fingerprint density at radius 3 is 1.89 bits per heavy atom. The van der Waals surface area contributed by atoms with E-state index in [0.717, 1.165) is 0 Å². The van der Waals surface area contributed by atoms with Crippen molar-refractivity contribution in [3.8, 4) is 0 Å². The molecule has 2 rings (SSSR count). The molecule has 0 aliphatic carbocycles. The predicted molar refractivity (Wildman–Crippen MR) is 101 cm³/mol.